The number of aromatic nitrogens is 6. The van der Waals surface area contributed by atoms with Crippen molar-refractivity contribution in [1.82, 2.24) is 28.7 Å². The molecule has 0 fully saturated rings. The summed E-state index contributed by atoms with van der Waals surface area (Å²) in [6.07, 6.45) is 3.65. The van der Waals surface area contributed by atoms with Gasteiger partial charge in [-0.2, -0.15) is 0 Å². The topological polar surface area (TPSA) is 53.5 Å². The highest BCUT2D eigenvalue weighted by Gasteiger charge is 2.29. The van der Waals surface area contributed by atoms with E-state index in [0.717, 1.165) is 34.0 Å². The van der Waals surface area contributed by atoms with Crippen molar-refractivity contribution < 1.29 is 0 Å². The quantitative estimate of drug-likeness (QED) is 0.122. The van der Waals surface area contributed by atoms with Crippen molar-refractivity contribution in [2.24, 2.45) is 0 Å². The molecule has 148 heavy (non-hydrogen) atoms. The molecule has 0 bridgehead atoms. The number of benzene rings is 22. The van der Waals surface area contributed by atoms with Crippen molar-refractivity contribution in [2.75, 3.05) is 0 Å². The molecule has 9 heterocycles. The van der Waals surface area contributed by atoms with E-state index in [1.165, 1.54) is 253 Å². The smallest absolute Gasteiger partial charge is 0.0915 e. The standard InChI is InChI=1S/C49H30N4S.C46H29NS.C44H27NS/c1-3-13-31(14-4-1)33-21-23-44-38(27-33)47-48(53(44)35-29-42(40-19-9-11-25-50-40)52-43(30-35)41-20-10-12-26-51-41)37-18-8-7-17-36(37)46-39-28-34(32-15-5-2-6-16-32)22-24-45(39)54-49(46)47;1-4-12-30(13-5-1)33-20-24-36(25-21-33)47-41-26-22-34(31-14-6-2-7-15-31)28-39(41)44-45(47)38-19-11-10-18-37(38)43-40-29-35(32-16-8-3-9-17-32)23-27-42(40)48-46(43)44;1-3-11-28(12-4-1)32-20-23-39-37(26-32)42-43(45(39)34-22-19-30-15-7-8-16-31(30)25-34)36-18-10-9-17-35(36)41-38-27-33(29-13-5-2-6-14-29)21-24-40(38)46-44(41)42/h1-30H;1-29H;1-27H. The first-order valence-corrected chi connectivity index (χ1v) is 52.8. The summed E-state index contributed by atoms with van der Waals surface area (Å²) in [5.74, 6) is 0. The van der Waals surface area contributed by atoms with Crippen LogP contribution in [-0.2, 0) is 0 Å². The molecular weight excluding hydrogens is 1850 g/mol. The Morgan fingerprint density at radius 1 is 0.155 bits per heavy atom. The van der Waals surface area contributed by atoms with Crippen molar-refractivity contribution in [3.05, 3.63) is 522 Å². The minimum absolute atomic E-state index is 0.797. The van der Waals surface area contributed by atoms with Gasteiger partial charge in [0.1, 0.15) is 0 Å². The van der Waals surface area contributed by atoms with Crippen LogP contribution in [-0.4, -0.2) is 28.7 Å². The zero-order valence-corrected chi connectivity index (χ0v) is 82.5. The Morgan fingerprint density at radius 2 is 0.419 bits per heavy atom. The van der Waals surface area contributed by atoms with E-state index >= 15 is 0 Å². The van der Waals surface area contributed by atoms with E-state index in [4.69, 9.17) is 15.0 Å². The van der Waals surface area contributed by atoms with Crippen LogP contribution in [0, 0.1) is 0 Å². The van der Waals surface area contributed by atoms with Gasteiger partial charge in [0.2, 0.25) is 0 Å². The van der Waals surface area contributed by atoms with Gasteiger partial charge in [-0.05, 0) is 238 Å². The predicted octanol–water partition coefficient (Wildman–Crippen LogP) is 39.3. The van der Waals surface area contributed by atoms with Crippen LogP contribution >= 0.6 is 34.0 Å². The lowest BCUT2D eigenvalue weighted by Gasteiger charge is -2.14. The summed E-state index contributed by atoms with van der Waals surface area (Å²) in [6.45, 7) is 0. The minimum Gasteiger partial charge on any atom is -0.309 e. The van der Waals surface area contributed by atoms with Gasteiger partial charge in [0.15, 0.2) is 0 Å². The second kappa shape index (κ2) is 35.8. The molecule has 31 rings (SSSR count). The van der Waals surface area contributed by atoms with Gasteiger partial charge in [-0.1, -0.05) is 376 Å². The number of rotatable bonds is 12. The van der Waals surface area contributed by atoms with E-state index in [0.29, 0.717) is 0 Å². The molecule has 6 nitrogen and oxygen atoms in total. The molecule has 9 heteroatoms. The average molecular weight is 1940 g/mol. The first kappa shape index (κ1) is 86.1. The van der Waals surface area contributed by atoms with Crippen LogP contribution in [0.1, 0.15) is 0 Å². The molecule has 9 aromatic heterocycles. The minimum atomic E-state index is 0.797. The Labute approximate surface area is 864 Å². The first-order chi connectivity index (χ1) is 73.4. The fourth-order valence-corrected chi connectivity index (χ4v) is 26.8. The molecule has 0 radical (unpaired) electrons. The summed E-state index contributed by atoms with van der Waals surface area (Å²) < 4.78 is 15.4. The molecule has 0 saturated heterocycles. The normalized spacial score (nSPS) is 11.8. The predicted molar refractivity (Wildman–Crippen MR) is 633 cm³/mol. The zero-order valence-electron chi connectivity index (χ0n) is 80.1. The van der Waals surface area contributed by atoms with Gasteiger partial charge in [-0.25, -0.2) is 4.98 Å². The highest BCUT2D eigenvalue weighted by atomic mass is 32.1. The van der Waals surface area contributed by atoms with Crippen LogP contribution in [0.15, 0.2) is 522 Å². The van der Waals surface area contributed by atoms with Crippen molar-refractivity contribution >= 4 is 203 Å². The fourth-order valence-electron chi connectivity index (χ4n) is 23.0. The van der Waals surface area contributed by atoms with Crippen molar-refractivity contribution in [3.63, 3.8) is 0 Å². The number of thiophene rings is 3. The summed E-state index contributed by atoms with van der Waals surface area (Å²) in [4.78, 5) is 14.6. The molecule has 31 aromatic rings. The number of hydrogen-bond acceptors (Lipinski definition) is 6. The maximum Gasteiger partial charge on any atom is 0.0915 e. The van der Waals surface area contributed by atoms with Gasteiger partial charge in [-0.15, -0.1) is 34.0 Å². The summed E-state index contributed by atoms with van der Waals surface area (Å²) in [7, 11) is 0. The SMILES string of the molecule is c1ccc(-c2ccc(-n3c4ccc(-c5ccccc5)cc4c4c5sc6ccc(-c7ccccc7)cc6c5c5ccccc5c43)cc2)cc1.c1ccc(-c2ccc3sc4c(c3c2)c2ccccc2c2c4c3cc(-c4ccccc4)ccc3n2-c2cc(-c3ccccn3)nc(-c3ccccn3)c2)cc1.c1ccc(-c2ccc3sc4c(c3c2)c2ccccc2c2c4c3cc(-c4ccccc4)ccc3n2-c2ccc3ccccc3c2)cc1. The van der Waals surface area contributed by atoms with E-state index in [1.807, 2.05) is 82.8 Å². The van der Waals surface area contributed by atoms with Gasteiger partial charge in [0, 0.05) is 133 Å². The largest absolute Gasteiger partial charge is 0.309 e. The van der Waals surface area contributed by atoms with Gasteiger partial charge >= 0.3 is 0 Å². The summed E-state index contributed by atoms with van der Waals surface area (Å²) in [6, 6.07) is 185. The van der Waals surface area contributed by atoms with Crippen molar-refractivity contribution in [3.8, 4) is 118 Å². The molecule has 0 atom stereocenters. The van der Waals surface area contributed by atoms with E-state index in [2.05, 4.69) is 487 Å². The monoisotopic (exact) mass is 1930 g/mol. The third-order valence-corrected chi connectivity index (χ3v) is 33.4. The van der Waals surface area contributed by atoms with Gasteiger partial charge in [0.05, 0.1) is 61.6 Å². The van der Waals surface area contributed by atoms with E-state index in [9.17, 15) is 0 Å². The Morgan fingerprint density at radius 3 is 0.757 bits per heavy atom. The molecule has 690 valence electrons. The Hall–Kier alpha value is -18.6. The summed E-state index contributed by atoms with van der Waals surface area (Å²) in [5, 5.41) is 25.7. The maximum absolute atomic E-state index is 5.14. The first-order valence-electron chi connectivity index (χ1n) is 50.3. The molecule has 0 aliphatic carbocycles. The molecular formula is C139H86N6S3. The van der Waals surface area contributed by atoms with Gasteiger partial charge in [0.25, 0.3) is 0 Å². The molecule has 0 N–H and O–H groups in total. The molecule has 0 amide bonds. The number of pyridine rings is 3. The second-order valence-corrected chi connectivity index (χ2v) is 41.4. The second-order valence-electron chi connectivity index (χ2n) is 38.2. The fraction of sp³-hybridized carbons (Fsp3) is 0. The lowest BCUT2D eigenvalue weighted by atomic mass is 9.97. The van der Waals surface area contributed by atoms with Gasteiger partial charge in [-0.3, -0.25) is 9.97 Å². The number of fused-ring (bicyclic) bond motifs is 31. The third-order valence-electron chi connectivity index (χ3n) is 29.8. The van der Waals surface area contributed by atoms with E-state index in [1.54, 1.807) is 0 Å². The Bertz CT molecular complexity index is 10600. The highest BCUT2D eigenvalue weighted by Crippen LogP contribution is 2.55. The lowest BCUT2D eigenvalue weighted by Crippen LogP contribution is -2.00. The molecule has 0 aliphatic heterocycles. The van der Waals surface area contributed by atoms with Crippen molar-refractivity contribution in [1.29, 1.82) is 0 Å². The third kappa shape index (κ3) is 14.5. The average Bonchev–Trinajstić information content (AvgIpc) is 1.54. The molecule has 0 spiro atoms. The summed E-state index contributed by atoms with van der Waals surface area (Å²) in [5.41, 5.74) is 31.1. The summed E-state index contributed by atoms with van der Waals surface area (Å²) >= 11 is 5.73. The zero-order chi connectivity index (χ0) is 97.4. The van der Waals surface area contributed by atoms with Crippen LogP contribution in [0.2, 0.25) is 0 Å². The van der Waals surface area contributed by atoms with E-state index < -0.39 is 0 Å². The number of hydrogen-bond donors (Lipinski definition) is 0. The maximum atomic E-state index is 5.14. The van der Waals surface area contributed by atoms with Crippen LogP contribution in [0.4, 0.5) is 0 Å². The van der Waals surface area contributed by atoms with Crippen LogP contribution in [0.25, 0.3) is 287 Å². The number of nitrogens with zero attached hydrogens (tertiary/aromatic N) is 6. The van der Waals surface area contributed by atoms with Crippen LogP contribution in [0.3, 0.4) is 0 Å². The van der Waals surface area contributed by atoms with Crippen LogP contribution < -0.4 is 0 Å². The lowest BCUT2D eigenvalue weighted by molar-refractivity contribution is 1.15. The van der Waals surface area contributed by atoms with Crippen molar-refractivity contribution in [2.45, 2.75) is 0 Å². The molecule has 0 saturated carbocycles. The Kier molecular flexibility index (Phi) is 20.8. The molecule has 0 aliphatic rings. The van der Waals surface area contributed by atoms with Gasteiger partial charge < -0.3 is 13.7 Å². The molecule has 22 aromatic carbocycles. The highest BCUT2D eigenvalue weighted by molar-refractivity contribution is 7.28. The van der Waals surface area contributed by atoms with E-state index in [-0.39, 0.29) is 0 Å². The Balaban J connectivity index is 0.000000105. The molecule has 0 unspecified atom stereocenters. The van der Waals surface area contributed by atoms with Crippen LogP contribution in [0.5, 0.6) is 0 Å².